The summed E-state index contributed by atoms with van der Waals surface area (Å²) in [6, 6.07) is 111. The van der Waals surface area contributed by atoms with Gasteiger partial charge >= 0.3 is 131 Å². The topological polar surface area (TPSA) is 13.0 Å². The van der Waals surface area contributed by atoms with Gasteiger partial charge in [0.05, 0.1) is 0 Å². The first-order valence-corrected chi connectivity index (χ1v) is 34.4. The quantitative estimate of drug-likeness (QED) is 0.163. The van der Waals surface area contributed by atoms with Crippen molar-refractivity contribution >= 4 is 45.5 Å². The number of benzene rings is 12. The van der Waals surface area contributed by atoms with Crippen LogP contribution in [0.5, 0.6) is 0 Å². The van der Waals surface area contributed by atoms with Crippen LogP contribution in [0, 0.1) is 78.2 Å². The van der Waals surface area contributed by atoms with Gasteiger partial charge in [-0.15, -0.1) is 53.6 Å². The van der Waals surface area contributed by atoms with Gasteiger partial charge in [-0.05, 0) is 87.3 Å². The van der Waals surface area contributed by atoms with Gasteiger partial charge < -0.3 is 49.3 Å². The van der Waals surface area contributed by atoms with Crippen LogP contribution >= 0.6 is 0 Å². The van der Waals surface area contributed by atoms with Crippen molar-refractivity contribution < 1.29 is 131 Å². The Labute approximate surface area is 731 Å². The molecule has 0 amide bonds. The van der Waals surface area contributed by atoms with E-state index in [1.165, 1.54) is 90.0 Å². The maximum atomic E-state index is 3.60. The van der Waals surface area contributed by atoms with Crippen molar-refractivity contribution in [3.8, 4) is 44.5 Å². The molecule has 4 atom stereocenters. The summed E-state index contributed by atoms with van der Waals surface area (Å²) in [5.74, 6) is 1.57. The number of nitrogens with zero attached hydrogens (tertiary/aromatic N) is 4. The smallest absolute Gasteiger partial charge is 0.393 e. The molecule has 0 bridgehead atoms. The van der Waals surface area contributed by atoms with Gasteiger partial charge in [0.1, 0.15) is 0 Å². The molecule has 16 rings (SSSR count). The average molecular weight is 1670 g/mol. The molecule has 0 fully saturated rings. The van der Waals surface area contributed by atoms with Crippen molar-refractivity contribution in [2.75, 3.05) is 47.8 Å². The summed E-state index contributed by atoms with van der Waals surface area (Å²) < 4.78 is 0. The van der Waals surface area contributed by atoms with Crippen LogP contribution in [0.2, 0.25) is 0 Å². The van der Waals surface area contributed by atoms with Gasteiger partial charge in [-0.3, -0.25) is 0 Å². The predicted octanol–water partition coefficient (Wildman–Crippen LogP) is 26.6. The largest absolute Gasteiger partial charge is 3.00 e. The molecule has 4 nitrogen and oxygen atoms in total. The predicted molar refractivity (Wildman–Crippen MR) is 437 cm³/mol. The molecular formula is C96H104N4Y4. The van der Waals surface area contributed by atoms with Crippen molar-refractivity contribution in [3.05, 3.63) is 365 Å². The summed E-state index contributed by atoms with van der Waals surface area (Å²) in [6.07, 6.45) is 0. The summed E-state index contributed by atoms with van der Waals surface area (Å²) in [5, 5.41) is 0. The Hall–Kier alpha value is -5.74. The van der Waals surface area contributed by atoms with E-state index < -0.39 is 0 Å². The molecule has 0 aliphatic carbocycles. The van der Waals surface area contributed by atoms with Crippen molar-refractivity contribution in [2.24, 2.45) is 0 Å². The minimum Gasteiger partial charge on any atom is -0.393 e. The Morgan fingerprint density at radius 2 is 0.606 bits per heavy atom. The van der Waals surface area contributed by atoms with E-state index in [2.05, 4.69) is 294 Å². The number of hydrogen-bond acceptors (Lipinski definition) is 4. The molecule has 4 heterocycles. The van der Waals surface area contributed by atoms with Crippen LogP contribution in [-0.4, -0.2) is 28.2 Å². The molecule has 520 valence electrons. The van der Waals surface area contributed by atoms with E-state index in [-0.39, 0.29) is 161 Å². The molecule has 0 saturated heterocycles. The van der Waals surface area contributed by atoms with E-state index in [1.807, 2.05) is 128 Å². The second-order valence-corrected chi connectivity index (χ2v) is 23.2. The molecule has 12 aromatic rings. The van der Waals surface area contributed by atoms with E-state index in [9.17, 15) is 0 Å². The van der Waals surface area contributed by atoms with E-state index in [0.29, 0.717) is 23.7 Å². The Kier molecular flexibility index (Phi) is 43.6. The van der Waals surface area contributed by atoms with Gasteiger partial charge in [-0.2, -0.15) is 152 Å². The van der Waals surface area contributed by atoms with Crippen LogP contribution in [-0.2, 0) is 131 Å². The zero-order valence-corrected chi connectivity index (χ0v) is 76.9. The van der Waals surface area contributed by atoms with Crippen molar-refractivity contribution in [1.29, 1.82) is 0 Å². The normalized spacial score (nSPS) is 13.8. The number of anilines is 8. The number of rotatable bonds is 4. The molecule has 8 heteroatoms. The molecule has 4 aliphatic rings. The van der Waals surface area contributed by atoms with E-state index >= 15 is 0 Å². The molecule has 4 unspecified atom stereocenters. The van der Waals surface area contributed by atoms with E-state index in [1.54, 1.807) is 0 Å². The Bertz CT molecular complexity index is 4080. The fourth-order valence-electron chi connectivity index (χ4n) is 13.3. The zero-order valence-electron chi connectivity index (χ0n) is 65.5. The summed E-state index contributed by atoms with van der Waals surface area (Å²) in [4.78, 5) is 9.08. The molecule has 104 heavy (non-hydrogen) atoms. The summed E-state index contributed by atoms with van der Waals surface area (Å²) in [5.41, 5.74) is 29.7. The maximum absolute atomic E-state index is 3.60. The van der Waals surface area contributed by atoms with E-state index in [0.717, 1.165) is 44.5 Å². The number of para-hydroxylation sites is 4. The average Bonchev–Trinajstić information content (AvgIpc) is 0.797. The molecule has 0 N–H and O–H groups in total. The third-order valence-electron chi connectivity index (χ3n) is 18.2. The summed E-state index contributed by atoms with van der Waals surface area (Å²) >= 11 is 0. The van der Waals surface area contributed by atoms with Crippen LogP contribution in [0.15, 0.2) is 243 Å². The second-order valence-electron chi connectivity index (χ2n) is 23.2. The number of hydrogen-bond donors (Lipinski definition) is 0. The first-order chi connectivity index (χ1) is 47.0. The van der Waals surface area contributed by atoms with Crippen LogP contribution in [0.3, 0.4) is 0 Å². The minimum atomic E-state index is 0. The van der Waals surface area contributed by atoms with Crippen LogP contribution in [0.25, 0.3) is 44.5 Å². The van der Waals surface area contributed by atoms with Crippen LogP contribution < -0.4 is 19.6 Å². The molecule has 0 radical (unpaired) electrons. The van der Waals surface area contributed by atoms with Gasteiger partial charge in [-0.25, -0.2) is 44.5 Å². The molecule has 12 aromatic carbocycles. The molecule has 0 aromatic heterocycles. The fraction of sp³-hybridized carbons (Fsp3) is 0.208. The molecule has 0 saturated carbocycles. The van der Waals surface area contributed by atoms with Gasteiger partial charge in [-0.1, -0.05) is 173 Å². The van der Waals surface area contributed by atoms with Crippen LogP contribution in [0.4, 0.5) is 45.5 Å². The van der Waals surface area contributed by atoms with Crippen molar-refractivity contribution in [3.63, 3.8) is 0 Å². The molecular weight excluding hydrogens is 1560 g/mol. The second kappa shape index (κ2) is 47.1. The van der Waals surface area contributed by atoms with Gasteiger partial charge in [0.15, 0.2) is 0 Å². The van der Waals surface area contributed by atoms with E-state index in [4.69, 9.17) is 0 Å². The fourth-order valence-corrected chi connectivity index (χ4v) is 13.3. The van der Waals surface area contributed by atoms with Gasteiger partial charge in [0, 0.05) is 50.9 Å². The first-order valence-electron chi connectivity index (χ1n) is 34.4. The first kappa shape index (κ1) is 96.3. The molecule has 4 aliphatic heterocycles. The summed E-state index contributed by atoms with van der Waals surface area (Å²) in [6.45, 7) is 25.1. The van der Waals surface area contributed by atoms with Crippen LogP contribution in [0.1, 0.15) is 151 Å². The summed E-state index contributed by atoms with van der Waals surface area (Å²) in [7, 11) is 8.54. The third kappa shape index (κ3) is 21.1. The SMILES string of the molecule is CC.CC.CC.CC.CC1c2cc(-c3[c-]cccc3)[c-]cc2N(C)c2ccccc21.CC1c2ccc(-c3[c-]cccc3)[c-]c2N(C)c2ccccc21.CC1c2ccccc2N(C)c2c(-c3[c-]cccc3)[c-]ccc21.CC1c2ccccc2N(C)c2cc(-c3[c-]cccc3)[c-]cc21.[CH3-].[CH3-].[CH3-].[CH3-].[Y+3].[Y+3].[Y+3].[Y+3]. The Balaban J connectivity index is 0.000000655. The van der Waals surface area contributed by atoms with Crippen molar-refractivity contribution in [1.82, 2.24) is 0 Å². The Morgan fingerprint density at radius 1 is 0.250 bits per heavy atom. The maximum Gasteiger partial charge on any atom is 3.00 e. The number of fused-ring (bicyclic) bond motifs is 8. The van der Waals surface area contributed by atoms with Crippen molar-refractivity contribution in [2.45, 2.75) is 107 Å². The zero-order chi connectivity index (χ0) is 68.4. The standard InChI is InChI=1S/4C21H17N.4C2H6.4CH3.4Y/c1-15-17-11-6-7-14-20(17)22(2)21-18(15)12-8-13-19(21)16-9-4-3-5-10-16;1-15-18-10-6-7-11-20(18)22(2)21-13-12-17(14-19(15)21)16-8-4-3-5-9-16;2*1-15-18-10-6-7-11-20(18)22(2)21-14-17(12-13-19(15)21)16-8-4-3-5-9-16;4*1-2;;;;;;;;/h3-9,11-12,14-15H,1-2H3;2*3-8,10-11,13-15H,1-2H3;3-8,10-13,15H,1-2H3;4*1-2H3;4*1H3;;;;/q4*-2;;;;;4*-1;4*+3. The monoisotopic (exact) mass is 1670 g/mol. The molecule has 0 spiro atoms. The third-order valence-corrected chi connectivity index (χ3v) is 18.2. The van der Waals surface area contributed by atoms with Gasteiger partial charge in [0.2, 0.25) is 0 Å². The van der Waals surface area contributed by atoms with Gasteiger partial charge in [0.25, 0.3) is 0 Å². The minimum absolute atomic E-state index is 0. The Morgan fingerprint density at radius 3 is 1.06 bits per heavy atom.